The van der Waals surface area contributed by atoms with E-state index in [4.69, 9.17) is 0 Å². The Morgan fingerprint density at radius 2 is 1.92 bits per heavy atom. The van der Waals surface area contributed by atoms with Crippen LogP contribution in [-0.4, -0.2) is 16.5 Å². The molecule has 3 saturated carbocycles. The summed E-state index contributed by atoms with van der Waals surface area (Å²) in [4.78, 5) is 11.9. The van der Waals surface area contributed by atoms with Crippen molar-refractivity contribution in [1.29, 1.82) is 5.26 Å². The second-order valence-electron chi connectivity index (χ2n) is 9.33. The van der Waals surface area contributed by atoms with Crippen molar-refractivity contribution in [2.45, 2.75) is 77.2 Å². The maximum absolute atomic E-state index is 11.9. The lowest BCUT2D eigenvalue weighted by Gasteiger charge is -2.59. The first-order valence-corrected chi connectivity index (χ1v) is 9.67. The van der Waals surface area contributed by atoms with Gasteiger partial charge in [0.25, 0.3) is 0 Å². The summed E-state index contributed by atoms with van der Waals surface area (Å²) in [7, 11) is 0. The van der Waals surface area contributed by atoms with Gasteiger partial charge in [0.15, 0.2) is 5.78 Å². The minimum Gasteiger partial charge on any atom is -0.388 e. The Balaban J connectivity index is 1.67. The first-order valence-electron chi connectivity index (χ1n) is 9.67. The second-order valence-corrected chi connectivity index (χ2v) is 9.33. The van der Waals surface area contributed by atoms with Crippen molar-refractivity contribution in [3.63, 3.8) is 0 Å². The zero-order valence-corrected chi connectivity index (χ0v) is 15.0. The van der Waals surface area contributed by atoms with Crippen LogP contribution in [0.15, 0.2) is 11.6 Å². The fourth-order valence-corrected chi connectivity index (χ4v) is 7.09. The van der Waals surface area contributed by atoms with Gasteiger partial charge in [-0.05, 0) is 74.2 Å². The fraction of sp³-hybridized carbons (Fsp3) is 0.810. The van der Waals surface area contributed by atoms with Gasteiger partial charge in [-0.3, -0.25) is 4.79 Å². The largest absolute Gasteiger partial charge is 0.388 e. The van der Waals surface area contributed by atoms with Crippen LogP contribution in [0.3, 0.4) is 0 Å². The smallest absolute Gasteiger partial charge is 0.155 e. The normalized spacial score (nSPS) is 50.3. The average molecular weight is 327 g/mol. The summed E-state index contributed by atoms with van der Waals surface area (Å²) in [6.45, 7) is 4.64. The topological polar surface area (TPSA) is 61.1 Å². The molecule has 3 heteroatoms. The van der Waals surface area contributed by atoms with Gasteiger partial charge in [0, 0.05) is 11.8 Å². The van der Waals surface area contributed by atoms with Crippen LogP contribution < -0.4 is 0 Å². The maximum Gasteiger partial charge on any atom is 0.155 e. The molecule has 1 N–H and O–H groups in total. The number of nitrogens with zero attached hydrogens (tertiary/aromatic N) is 1. The fourth-order valence-electron chi connectivity index (χ4n) is 7.09. The number of rotatable bonds is 1. The van der Waals surface area contributed by atoms with E-state index in [1.807, 2.05) is 6.08 Å². The minimum absolute atomic E-state index is 0.105. The van der Waals surface area contributed by atoms with E-state index in [2.05, 4.69) is 19.9 Å². The summed E-state index contributed by atoms with van der Waals surface area (Å²) in [5.41, 5.74) is 0.686. The van der Waals surface area contributed by atoms with Crippen molar-refractivity contribution in [2.24, 2.45) is 28.6 Å². The number of carbonyl (C=O) groups is 1. The Morgan fingerprint density at radius 1 is 1.17 bits per heavy atom. The summed E-state index contributed by atoms with van der Waals surface area (Å²) in [5.74, 6) is 2.14. The summed E-state index contributed by atoms with van der Waals surface area (Å²) in [6, 6.07) is 2.24. The third-order valence-corrected chi connectivity index (χ3v) is 8.66. The molecule has 0 aromatic rings. The zero-order valence-electron chi connectivity index (χ0n) is 15.0. The van der Waals surface area contributed by atoms with Gasteiger partial charge in [-0.2, -0.15) is 5.26 Å². The Hall–Kier alpha value is -1.14. The van der Waals surface area contributed by atoms with Crippen LogP contribution in [0, 0.1) is 39.9 Å². The summed E-state index contributed by atoms with van der Waals surface area (Å²) in [5, 5.41) is 20.4. The van der Waals surface area contributed by atoms with Crippen LogP contribution in [0.4, 0.5) is 0 Å². The number of ketones is 1. The van der Waals surface area contributed by atoms with Gasteiger partial charge in [-0.15, -0.1) is 0 Å². The molecule has 130 valence electrons. The number of aliphatic hydroxyl groups is 1. The van der Waals surface area contributed by atoms with Crippen LogP contribution in [0.25, 0.3) is 0 Å². The van der Waals surface area contributed by atoms with Crippen molar-refractivity contribution < 1.29 is 9.90 Å². The van der Waals surface area contributed by atoms with Crippen LogP contribution in [0.1, 0.15) is 71.6 Å². The van der Waals surface area contributed by atoms with E-state index in [1.54, 1.807) is 0 Å². The molecule has 0 amide bonds. The highest BCUT2D eigenvalue weighted by molar-refractivity contribution is 5.91. The molecule has 3 nitrogen and oxygen atoms in total. The maximum atomic E-state index is 11.9. The zero-order chi connectivity index (χ0) is 17.2. The molecule has 0 saturated heterocycles. The van der Waals surface area contributed by atoms with E-state index < -0.39 is 5.60 Å². The van der Waals surface area contributed by atoms with Crippen LogP contribution in [0.5, 0.6) is 0 Å². The predicted octanol–water partition coefficient (Wildman–Crippen LogP) is 4.16. The first-order chi connectivity index (χ1) is 11.3. The van der Waals surface area contributed by atoms with Gasteiger partial charge in [0.1, 0.15) is 0 Å². The van der Waals surface area contributed by atoms with Crippen molar-refractivity contribution in [3.8, 4) is 6.07 Å². The number of carbonyl (C=O) groups excluding carboxylic acids is 1. The standard InChI is InChI=1S/C21H29NO2/c1-19-8-5-15(23)13-14(19)3-4-16-17(19)6-9-20(2)18(16)7-10-21(20,24)11-12-22/h13,16-18,24H,3-11H2,1-2H3/t16-,17+,18+,19-,20-,21+/m0/s1. The van der Waals surface area contributed by atoms with Crippen LogP contribution in [-0.2, 0) is 4.79 Å². The number of hydrogen-bond acceptors (Lipinski definition) is 3. The van der Waals surface area contributed by atoms with Crippen molar-refractivity contribution >= 4 is 5.78 Å². The molecule has 24 heavy (non-hydrogen) atoms. The summed E-state index contributed by atoms with van der Waals surface area (Å²) in [6.07, 6.45) is 10.1. The Kier molecular flexibility index (Phi) is 3.52. The van der Waals surface area contributed by atoms with Crippen LogP contribution >= 0.6 is 0 Å². The molecule has 4 rings (SSSR count). The molecule has 0 heterocycles. The molecule has 0 spiro atoms. The van der Waals surface area contributed by atoms with Gasteiger partial charge < -0.3 is 5.11 Å². The second kappa shape index (κ2) is 5.18. The number of allylic oxidation sites excluding steroid dienone is 1. The monoisotopic (exact) mass is 327 g/mol. The van der Waals surface area contributed by atoms with Crippen molar-refractivity contribution in [3.05, 3.63) is 11.6 Å². The SMILES string of the molecule is C[C@]12CCC(=O)C=C1CC[C@H]1[C@H]2CC[C@@]2(C)[C@@H]1CC[C@@]2(O)CC#N. The molecule has 0 aliphatic heterocycles. The lowest BCUT2D eigenvalue weighted by Crippen LogP contribution is -2.54. The molecule has 3 fully saturated rings. The van der Waals surface area contributed by atoms with Gasteiger partial charge >= 0.3 is 0 Å². The molecule has 4 aliphatic rings. The third kappa shape index (κ3) is 1.96. The van der Waals surface area contributed by atoms with E-state index in [-0.39, 0.29) is 17.3 Å². The van der Waals surface area contributed by atoms with Gasteiger partial charge in [-0.1, -0.05) is 19.4 Å². The highest BCUT2D eigenvalue weighted by atomic mass is 16.3. The molecular weight excluding hydrogens is 298 g/mol. The highest BCUT2D eigenvalue weighted by Crippen LogP contribution is 2.67. The molecule has 0 aromatic carbocycles. The Morgan fingerprint density at radius 3 is 2.67 bits per heavy atom. The summed E-state index contributed by atoms with van der Waals surface area (Å²) < 4.78 is 0. The molecule has 0 aromatic heterocycles. The van der Waals surface area contributed by atoms with E-state index in [0.29, 0.717) is 30.0 Å². The van der Waals surface area contributed by atoms with E-state index in [9.17, 15) is 15.2 Å². The molecular formula is C21H29NO2. The van der Waals surface area contributed by atoms with Crippen LogP contribution in [0.2, 0.25) is 0 Å². The predicted molar refractivity (Wildman–Crippen MR) is 91.9 cm³/mol. The lowest BCUT2D eigenvalue weighted by atomic mass is 9.46. The van der Waals surface area contributed by atoms with E-state index >= 15 is 0 Å². The van der Waals surface area contributed by atoms with Crippen molar-refractivity contribution in [1.82, 2.24) is 0 Å². The van der Waals surface area contributed by atoms with Gasteiger partial charge in [0.05, 0.1) is 18.1 Å². The molecule has 4 aliphatic carbocycles. The minimum atomic E-state index is -0.795. The third-order valence-electron chi connectivity index (χ3n) is 8.66. The van der Waals surface area contributed by atoms with Gasteiger partial charge in [-0.25, -0.2) is 0 Å². The Labute approximate surface area is 145 Å². The molecule has 6 atom stereocenters. The first kappa shape index (κ1) is 16.3. The van der Waals surface area contributed by atoms with E-state index in [0.717, 1.165) is 44.9 Å². The van der Waals surface area contributed by atoms with Gasteiger partial charge in [0.2, 0.25) is 0 Å². The Bertz CT molecular complexity index is 647. The summed E-state index contributed by atoms with van der Waals surface area (Å²) >= 11 is 0. The number of nitriles is 1. The quantitative estimate of drug-likeness (QED) is 0.786. The highest BCUT2D eigenvalue weighted by Gasteiger charge is 2.63. The van der Waals surface area contributed by atoms with E-state index in [1.165, 1.54) is 5.57 Å². The lowest BCUT2D eigenvalue weighted by molar-refractivity contribution is -0.128. The number of fused-ring (bicyclic) bond motifs is 5. The van der Waals surface area contributed by atoms with Crippen molar-refractivity contribution in [2.75, 3.05) is 0 Å². The molecule has 0 bridgehead atoms. The molecule has 0 radical (unpaired) electrons. The average Bonchev–Trinajstić information content (AvgIpc) is 2.80. The number of hydrogen-bond donors (Lipinski definition) is 1. The molecule has 0 unspecified atom stereocenters.